The van der Waals surface area contributed by atoms with Crippen LogP contribution in [0.3, 0.4) is 0 Å². The van der Waals surface area contributed by atoms with Crippen LogP contribution in [-0.2, 0) is 46.3 Å². The van der Waals surface area contributed by atoms with Crippen molar-refractivity contribution in [3.05, 3.63) is 414 Å². The first-order valence-electron chi connectivity index (χ1n) is 47.9. The molecule has 14 rings (SSSR count). The van der Waals surface area contributed by atoms with Gasteiger partial charge in [-0.3, -0.25) is 19.2 Å². The van der Waals surface area contributed by atoms with Crippen LogP contribution in [-0.4, -0.2) is 71.9 Å². The molecule has 7 N–H and O–H groups in total. The lowest BCUT2D eigenvalue weighted by molar-refractivity contribution is -0.138. The number of carbonyl (C=O) groups excluding carboxylic acids is 4. The fourth-order valence-electron chi connectivity index (χ4n) is 15.2. The molecule has 23 heteroatoms. The highest BCUT2D eigenvalue weighted by molar-refractivity contribution is 8.76. The summed E-state index contributed by atoms with van der Waals surface area (Å²) in [5, 5.41) is 62.8. The minimum Gasteiger partial charge on any atom is -0.508 e. The number of rotatable bonds is 37. The molecule has 0 atom stereocenters. The zero-order valence-corrected chi connectivity index (χ0v) is 86.5. The molecule has 0 heterocycles. The molecule has 14 aromatic carbocycles. The van der Waals surface area contributed by atoms with Crippen LogP contribution < -0.4 is 28.4 Å². The van der Waals surface area contributed by atoms with Crippen molar-refractivity contribution in [3.8, 4) is 63.2 Å². The van der Waals surface area contributed by atoms with Crippen LogP contribution in [0.25, 0.3) is 0 Å². The van der Waals surface area contributed by atoms with Crippen molar-refractivity contribution >= 4 is 83.0 Å². The first-order chi connectivity index (χ1) is 68.8. The van der Waals surface area contributed by atoms with Gasteiger partial charge < -0.3 is 64.2 Å². The van der Waals surface area contributed by atoms with E-state index < -0.39 is 24.2 Å². The van der Waals surface area contributed by atoms with Crippen molar-refractivity contribution in [1.29, 1.82) is 0 Å². The number of esters is 2. The van der Waals surface area contributed by atoms with E-state index in [9.17, 15) is 44.1 Å². The zero-order chi connectivity index (χ0) is 104. The highest BCUT2D eigenvalue weighted by Gasteiger charge is 2.29. The lowest BCUT2D eigenvalue weighted by Crippen LogP contribution is -2.19. The molecule has 14 aromatic rings. The smallest absolute Gasteiger partial charge is 0.508 e. The molecule has 0 aliphatic heterocycles. The lowest BCUT2D eigenvalue weighted by Gasteiger charge is -2.26. The topological polar surface area (TPSA) is 299 Å². The van der Waals surface area contributed by atoms with Crippen LogP contribution >= 0.6 is 46.8 Å². The Kier molecular flexibility index (Phi) is 45.1. The fraction of sp³-hybridized carbons (Fsp3) is 0.256. The van der Waals surface area contributed by atoms with Crippen molar-refractivity contribution < 1.29 is 92.9 Å². The Morgan fingerprint density at radius 2 is 0.382 bits per heavy atom. The summed E-state index contributed by atoms with van der Waals surface area (Å²) in [6.45, 7) is 21.5. The van der Waals surface area contributed by atoms with Crippen molar-refractivity contribution in [3.63, 3.8) is 0 Å². The summed E-state index contributed by atoms with van der Waals surface area (Å²) in [6.07, 6.45) is 10.4. The molecule has 0 saturated heterocycles. The Morgan fingerprint density at radius 1 is 0.215 bits per heavy atom. The van der Waals surface area contributed by atoms with Gasteiger partial charge in [-0.1, -0.05) is 318 Å². The van der Waals surface area contributed by atoms with Gasteiger partial charge in [0.25, 0.3) is 0 Å². The normalized spacial score (nSPS) is 11.1. The molecule has 752 valence electrons. The first kappa shape index (κ1) is 113. The second-order valence-corrected chi connectivity index (χ2v) is 40.3. The predicted molar refractivity (Wildman–Crippen MR) is 579 cm³/mol. The summed E-state index contributed by atoms with van der Waals surface area (Å²) in [6, 6.07) is 111. The number of hydrogen-bond acceptors (Lipinski definition) is 21. The summed E-state index contributed by atoms with van der Waals surface area (Å²) in [4.78, 5) is 73.1. The molecule has 0 bridgehead atoms. The van der Waals surface area contributed by atoms with Gasteiger partial charge in [0, 0.05) is 72.3 Å². The largest absolute Gasteiger partial charge is 0.519 e. The Morgan fingerprint density at radius 3 is 0.590 bits per heavy atom. The SMILES string of the molecule is CC(C)(c1ccc(O)cc1)c1ccc(O)cc1.CC(C)(c1ccccc1)c1ccc(O)cc1.CC(C)(c1ccccc1)c1ccc(OC(=O)Oc2ccc(C(C)(C)c3ccc(OC(=O)CCCCCCCCC(=O)Oc4ccc(S)cc4)cc3)cc2)cc1.CC(C)(c1ccccc1)c1ccc(OC(=O)Oc2ccc(S)cc2)cc1.O=C(O)CCCCCCCCC(=O)O.Oc1ccc(SSc2ccc(O)cc2)cc1. The Balaban J connectivity index is 0.000000214. The fourth-order valence-corrected chi connectivity index (χ4v) is 17.4. The number of aliphatic carboxylic acids is 2. The Labute approximate surface area is 865 Å². The number of ether oxygens (including phenoxy) is 6. The van der Waals surface area contributed by atoms with Gasteiger partial charge >= 0.3 is 36.2 Å². The number of carboxylic acids is 2. The van der Waals surface area contributed by atoms with Gasteiger partial charge in [0.2, 0.25) is 0 Å². The van der Waals surface area contributed by atoms with Gasteiger partial charge in [-0.05, 0) is 263 Å². The number of hydrogen-bond donors (Lipinski definition) is 9. The minimum atomic E-state index is -0.809. The van der Waals surface area contributed by atoms with Gasteiger partial charge in [0.05, 0.1) is 0 Å². The predicted octanol–water partition coefficient (Wildman–Crippen LogP) is 31.0. The van der Waals surface area contributed by atoms with Crippen LogP contribution in [0, 0.1) is 0 Å². The molecule has 0 aliphatic carbocycles. The quantitative estimate of drug-likeness (QED) is 0.00436. The van der Waals surface area contributed by atoms with E-state index in [1.807, 2.05) is 164 Å². The summed E-state index contributed by atoms with van der Waals surface area (Å²) in [7, 11) is 3.22. The highest BCUT2D eigenvalue weighted by atomic mass is 33.1. The van der Waals surface area contributed by atoms with Gasteiger partial charge in [0.15, 0.2) is 0 Å². The maximum atomic E-state index is 12.6. The van der Waals surface area contributed by atoms with Gasteiger partial charge in [-0.15, -0.1) is 25.3 Å². The van der Waals surface area contributed by atoms with E-state index in [1.165, 1.54) is 22.3 Å². The minimum absolute atomic E-state index is 0.0328. The number of phenols is 5. The number of carboxylic acid groups (broad SMARTS) is 2. The van der Waals surface area contributed by atoms with E-state index in [1.54, 1.807) is 167 Å². The molecule has 0 unspecified atom stereocenters. The molecule has 0 fully saturated rings. The highest BCUT2D eigenvalue weighted by Crippen LogP contribution is 2.41. The lowest BCUT2D eigenvalue weighted by atomic mass is 9.78. The van der Waals surface area contributed by atoms with Crippen molar-refractivity contribution in [2.45, 2.75) is 219 Å². The van der Waals surface area contributed by atoms with Crippen LogP contribution in [0.4, 0.5) is 9.59 Å². The van der Waals surface area contributed by atoms with Gasteiger partial charge in [-0.2, -0.15) is 0 Å². The number of unbranched alkanes of at least 4 members (excludes halogenated alkanes) is 10. The van der Waals surface area contributed by atoms with Crippen molar-refractivity contribution in [2.24, 2.45) is 0 Å². The average Bonchev–Trinajstić information content (AvgIpc) is 0.800. The standard InChI is InChI=1S/C47H50O7S.C22H20O3S.C15H16O2.C15H16O.C12H10O2S2.C10H18O4/c1-46(2,34-14-10-9-11-15-34)35-20-26-40(27-21-35)53-45(50)54-41-28-22-37(23-29-41)47(3,4)36-18-24-38(25-19-36)51-43(48)16-12-7-5-6-8-13-17-44(49)52-39-30-32-42(55)33-31-39;1-22(2,16-6-4-3-5-7-16)17-8-10-18(11-9-17)24-21(23)25-19-12-14-20(26)15-13-19;1-15(2,11-3-7-13(16)8-4-11)12-5-9-14(17)10-6-12;1-15(2,12-6-4-3-5-7-12)13-8-10-14(16)11-9-13;13-9-1-5-11(6-2-9)15-16-12-7-3-10(14)4-8-12;11-9(12)7-5-3-1-2-4-6-8-10(13)14/h9-11,14-15,18-33,55H,5-8,12-13,16-17H2,1-4H3;3-15,26H,1-2H3;3-10,16-17H,1-2H3;3-11,16H,1-2H3;1-8,13-14H;1-8H2,(H,11,12)(H,13,14). The molecule has 0 aromatic heterocycles. The van der Waals surface area contributed by atoms with E-state index in [-0.39, 0.29) is 74.9 Å². The van der Waals surface area contributed by atoms with Crippen LogP contribution in [0.1, 0.15) is 228 Å². The second kappa shape index (κ2) is 57.3. The number of carbonyl (C=O) groups is 6. The molecule has 0 amide bonds. The number of phenolic OH excluding ortho intramolecular Hbond substituents is 5. The summed E-state index contributed by atoms with van der Waals surface area (Å²) in [5.74, 6) is 2.13. The van der Waals surface area contributed by atoms with Crippen molar-refractivity contribution in [1.82, 2.24) is 0 Å². The molecule has 0 saturated carbocycles. The van der Waals surface area contributed by atoms with Crippen LogP contribution in [0.2, 0.25) is 0 Å². The number of thiol groups is 2. The maximum absolute atomic E-state index is 12.6. The third kappa shape index (κ3) is 38.6. The summed E-state index contributed by atoms with van der Waals surface area (Å²) < 4.78 is 32.2. The van der Waals surface area contributed by atoms with Gasteiger partial charge in [0.1, 0.15) is 63.2 Å². The maximum Gasteiger partial charge on any atom is 0.519 e. The molecule has 0 aliphatic rings. The van der Waals surface area contributed by atoms with E-state index in [2.05, 4.69) is 143 Å². The van der Waals surface area contributed by atoms with Gasteiger partial charge in [-0.25, -0.2) is 9.59 Å². The third-order valence-electron chi connectivity index (χ3n) is 24.4. The first-order valence-corrected chi connectivity index (χ1v) is 51.0. The Bertz CT molecular complexity index is 6120. The average molecular weight is 2020 g/mol. The molecular weight excluding hydrogens is 1890 g/mol. The number of benzene rings is 14. The van der Waals surface area contributed by atoms with E-state index in [4.69, 9.17) is 48.8 Å². The summed E-state index contributed by atoms with van der Waals surface area (Å²) in [5.41, 5.74) is 10.6. The molecule has 144 heavy (non-hydrogen) atoms. The van der Waals surface area contributed by atoms with E-state index >= 15 is 0 Å². The van der Waals surface area contributed by atoms with E-state index in [0.29, 0.717) is 53.1 Å². The molecule has 0 spiro atoms. The zero-order valence-electron chi connectivity index (χ0n) is 83.1. The monoisotopic (exact) mass is 2010 g/mol. The molecular formula is C121H130O19S4. The third-order valence-corrected chi connectivity index (χ3v) is 27.5. The van der Waals surface area contributed by atoms with Crippen LogP contribution in [0.5, 0.6) is 63.2 Å². The second-order valence-electron chi connectivity index (χ2n) is 37.0. The molecule has 19 nitrogen and oxygen atoms in total. The van der Waals surface area contributed by atoms with Crippen LogP contribution in [0.15, 0.2) is 377 Å². The Hall–Kier alpha value is -14.1. The van der Waals surface area contributed by atoms with E-state index in [0.717, 1.165) is 130 Å². The van der Waals surface area contributed by atoms with Crippen molar-refractivity contribution in [2.75, 3.05) is 0 Å². The molecule has 0 radical (unpaired) electrons. The summed E-state index contributed by atoms with van der Waals surface area (Å²) >= 11 is 8.42. The number of aromatic hydroxyl groups is 5.